The van der Waals surface area contributed by atoms with Crippen LogP contribution in [0.2, 0.25) is 10.0 Å². The minimum absolute atomic E-state index is 0.0607. The Morgan fingerprint density at radius 1 is 1.03 bits per heavy atom. The van der Waals surface area contributed by atoms with Crippen LogP contribution in [0.15, 0.2) is 54.6 Å². The summed E-state index contributed by atoms with van der Waals surface area (Å²) >= 11 is 12.6. The van der Waals surface area contributed by atoms with Crippen molar-refractivity contribution in [2.45, 2.75) is 0 Å². The molecule has 0 spiro atoms. The number of anilines is 3. The summed E-state index contributed by atoms with van der Waals surface area (Å²) in [6, 6.07) is 12.4. The van der Waals surface area contributed by atoms with Crippen LogP contribution >= 0.6 is 23.2 Å². The number of hydrogen-bond acceptors (Lipinski definition) is 7. The number of phenolic OH excluding ortho intramolecular Hbond substituents is 1. The van der Waals surface area contributed by atoms with E-state index in [2.05, 4.69) is 31.3 Å². The molecule has 32 heavy (non-hydrogen) atoms. The predicted molar refractivity (Wildman–Crippen MR) is 116 cm³/mol. The Morgan fingerprint density at radius 2 is 1.75 bits per heavy atom. The number of aromatic nitrogens is 4. The van der Waals surface area contributed by atoms with Crippen molar-refractivity contribution in [2.24, 2.45) is 0 Å². The van der Waals surface area contributed by atoms with E-state index in [1.165, 1.54) is 42.5 Å². The number of amides is 1. The van der Waals surface area contributed by atoms with Gasteiger partial charge in [-0.2, -0.15) is 5.21 Å². The Balaban J connectivity index is 1.54. The molecule has 0 bridgehead atoms. The first-order valence-corrected chi connectivity index (χ1v) is 9.72. The van der Waals surface area contributed by atoms with Gasteiger partial charge in [0.1, 0.15) is 17.3 Å². The number of nitrogens with one attached hydrogen (secondary N) is 3. The van der Waals surface area contributed by atoms with Crippen LogP contribution in [-0.2, 0) is 0 Å². The number of tetrazole rings is 1. The molecule has 162 valence electrons. The molecule has 1 amide bonds. The molecule has 1 heterocycles. The first-order valence-electron chi connectivity index (χ1n) is 8.96. The zero-order chi connectivity index (χ0) is 22.7. The average Bonchev–Trinajstić information content (AvgIpc) is 3.26. The molecule has 0 unspecified atom stereocenters. The molecule has 4 rings (SSSR count). The molecule has 0 aliphatic carbocycles. The zero-order valence-electron chi connectivity index (χ0n) is 15.9. The van der Waals surface area contributed by atoms with Crippen molar-refractivity contribution in [3.63, 3.8) is 0 Å². The summed E-state index contributed by atoms with van der Waals surface area (Å²) in [5, 5.41) is 29.2. The Morgan fingerprint density at radius 3 is 2.41 bits per heavy atom. The third-order valence-corrected chi connectivity index (χ3v) is 4.70. The van der Waals surface area contributed by atoms with Gasteiger partial charge in [0.15, 0.2) is 5.75 Å². The SMILES string of the molecule is O=C(Nc1ccc(F)cc1)c1cc(Oc2c(Cl)cc(Nc3nn[nH]n3)cc2Cl)ccc1O. The van der Waals surface area contributed by atoms with Gasteiger partial charge in [0, 0.05) is 11.4 Å². The van der Waals surface area contributed by atoms with Crippen LogP contribution in [0.5, 0.6) is 17.2 Å². The highest BCUT2D eigenvalue weighted by atomic mass is 35.5. The summed E-state index contributed by atoms with van der Waals surface area (Å²) in [5.41, 5.74) is 0.797. The number of hydrogen-bond donors (Lipinski definition) is 4. The number of halogens is 3. The van der Waals surface area contributed by atoms with E-state index in [1.807, 2.05) is 0 Å². The maximum atomic E-state index is 13.1. The second-order valence-electron chi connectivity index (χ2n) is 6.37. The number of aromatic hydroxyl groups is 1. The summed E-state index contributed by atoms with van der Waals surface area (Å²) in [4.78, 5) is 12.6. The molecule has 9 nitrogen and oxygen atoms in total. The summed E-state index contributed by atoms with van der Waals surface area (Å²) in [6.07, 6.45) is 0. The molecular formula is C20H13Cl2FN6O3. The van der Waals surface area contributed by atoms with Gasteiger partial charge in [-0.15, -0.1) is 5.10 Å². The van der Waals surface area contributed by atoms with Crippen molar-refractivity contribution in [3.8, 4) is 17.2 Å². The first kappa shape index (κ1) is 21.3. The lowest BCUT2D eigenvalue weighted by atomic mass is 10.1. The van der Waals surface area contributed by atoms with Gasteiger partial charge in [0.25, 0.3) is 11.9 Å². The van der Waals surface area contributed by atoms with E-state index in [-0.39, 0.29) is 38.8 Å². The Hall–Kier alpha value is -3.89. The van der Waals surface area contributed by atoms with Crippen molar-refractivity contribution in [1.29, 1.82) is 0 Å². The predicted octanol–water partition coefficient (Wildman–Crippen LogP) is 5.14. The molecule has 0 saturated heterocycles. The van der Waals surface area contributed by atoms with Crippen molar-refractivity contribution in [2.75, 3.05) is 10.6 Å². The Bertz CT molecular complexity index is 1250. The Kier molecular flexibility index (Phi) is 6.06. The van der Waals surface area contributed by atoms with Crippen LogP contribution < -0.4 is 15.4 Å². The Labute approximate surface area is 190 Å². The summed E-state index contributed by atoms with van der Waals surface area (Å²) in [5.74, 6) is -0.753. The lowest BCUT2D eigenvalue weighted by Gasteiger charge is -2.13. The van der Waals surface area contributed by atoms with E-state index >= 15 is 0 Å². The first-order chi connectivity index (χ1) is 15.4. The third kappa shape index (κ3) is 4.88. The largest absolute Gasteiger partial charge is 0.507 e. The molecule has 0 saturated carbocycles. The van der Waals surface area contributed by atoms with Crippen LogP contribution in [0.25, 0.3) is 0 Å². The van der Waals surface area contributed by atoms with Gasteiger partial charge in [-0.05, 0) is 59.8 Å². The summed E-state index contributed by atoms with van der Waals surface area (Å²) in [6.45, 7) is 0. The molecule has 4 N–H and O–H groups in total. The molecular weight excluding hydrogens is 462 g/mol. The number of carbonyl (C=O) groups excluding carboxylic acids is 1. The number of ether oxygens (including phenoxy) is 1. The molecule has 0 aliphatic rings. The van der Waals surface area contributed by atoms with E-state index in [0.29, 0.717) is 11.4 Å². The standard InChI is InChI=1S/C20H13Cl2FN6O3/c21-15-7-12(25-20-26-28-29-27-20)8-16(22)18(15)32-13-5-6-17(30)14(9-13)19(31)24-11-3-1-10(23)2-4-11/h1-9,30H,(H,24,31)(H2,25,26,27,28,29). The number of rotatable bonds is 6. The number of H-pyrrole nitrogens is 1. The highest BCUT2D eigenvalue weighted by molar-refractivity contribution is 6.37. The normalized spacial score (nSPS) is 10.6. The lowest BCUT2D eigenvalue weighted by molar-refractivity contribution is 0.102. The smallest absolute Gasteiger partial charge is 0.267 e. The monoisotopic (exact) mass is 474 g/mol. The highest BCUT2D eigenvalue weighted by Crippen LogP contribution is 2.40. The fourth-order valence-corrected chi connectivity index (χ4v) is 3.25. The molecule has 1 aromatic heterocycles. The van der Waals surface area contributed by atoms with Crippen molar-refractivity contribution in [1.82, 2.24) is 20.6 Å². The van der Waals surface area contributed by atoms with Crippen LogP contribution in [0.3, 0.4) is 0 Å². The van der Waals surface area contributed by atoms with E-state index < -0.39 is 11.7 Å². The molecule has 12 heteroatoms. The molecule has 3 aromatic carbocycles. The third-order valence-electron chi connectivity index (χ3n) is 4.13. The maximum Gasteiger partial charge on any atom is 0.267 e. The van der Waals surface area contributed by atoms with Crippen LogP contribution in [0.1, 0.15) is 10.4 Å². The number of carbonyl (C=O) groups is 1. The summed E-state index contributed by atoms with van der Waals surface area (Å²) in [7, 11) is 0. The number of aromatic amines is 1. The van der Waals surface area contributed by atoms with Crippen molar-refractivity contribution < 1.29 is 19.0 Å². The minimum Gasteiger partial charge on any atom is -0.507 e. The van der Waals surface area contributed by atoms with Gasteiger partial charge in [0.05, 0.1) is 15.6 Å². The van der Waals surface area contributed by atoms with Gasteiger partial charge >= 0.3 is 0 Å². The zero-order valence-corrected chi connectivity index (χ0v) is 17.4. The average molecular weight is 475 g/mol. The van der Waals surface area contributed by atoms with E-state index in [9.17, 15) is 14.3 Å². The van der Waals surface area contributed by atoms with Gasteiger partial charge < -0.3 is 20.5 Å². The molecule has 4 aromatic rings. The quantitative estimate of drug-likeness (QED) is 0.304. The summed E-state index contributed by atoms with van der Waals surface area (Å²) < 4.78 is 18.8. The molecule has 0 radical (unpaired) electrons. The number of phenols is 1. The second-order valence-corrected chi connectivity index (χ2v) is 7.19. The fourth-order valence-electron chi connectivity index (χ4n) is 2.68. The lowest BCUT2D eigenvalue weighted by Crippen LogP contribution is -2.12. The van der Waals surface area contributed by atoms with Gasteiger partial charge in [0.2, 0.25) is 0 Å². The van der Waals surface area contributed by atoms with Crippen LogP contribution in [0, 0.1) is 5.82 Å². The number of nitrogens with zero attached hydrogens (tertiary/aromatic N) is 3. The van der Waals surface area contributed by atoms with Gasteiger partial charge in [-0.3, -0.25) is 4.79 Å². The van der Waals surface area contributed by atoms with Gasteiger partial charge in [-0.1, -0.05) is 28.3 Å². The minimum atomic E-state index is -0.614. The molecule has 0 atom stereocenters. The van der Waals surface area contributed by atoms with Crippen LogP contribution in [-0.4, -0.2) is 31.6 Å². The van der Waals surface area contributed by atoms with E-state index in [0.717, 1.165) is 0 Å². The molecule has 0 fully saturated rings. The number of benzene rings is 3. The van der Waals surface area contributed by atoms with E-state index in [4.69, 9.17) is 27.9 Å². The highest BCUT2D eigenvalue weighted by Gasteiger charge is 2.16. The topological polar surface area (TPSA) is 125 Å². The maximum absolute atomic E-state index is 13.1. The van der Waals surface area contributed by atoms with Crippen molar-refractivity contribution in [3.05, 3.63) is 76.0 Å². The second kappa shape index (κ2) is 9.08. The van der Waals surface area contributed by atoms with Crippen molar-refractivity contribution >= 4 is 46.4 Å². The van der Waals surface area contributed by atoms with Gasteiger partial charge in [-0.25, -0.2) is 4.39 Å². The fraction of sp³-hybridized carbons (Fsp3) is 0. The van der Waals surface area contributed by atoms with Crippen LogP contribution in [0.4, 0.5) is 21.7 Å². The van der Waals surface area contributed by atoms with E-state index in [1.54, 1.807) is 12.1 Å². The molecule has 0 aliphatic heterocycles.